The number of hydrogen-bond donors (Lipinski definition) is 1. The quantitative estimate of drug-likeness (QED) is 0.656. The molecule has 2 nitrogen and oxygen atoms in total. The van der Waals surface area contributed by atoms with Crippen LogP contribution in [0.4, 0.5) is 0 Å². The highest BCUT2D eigenvalue weighted by atomic mass is 24.4. The third-order valence-corrected chi connectivity index (χ3v) is 1.71. The normalized spacial score (nSPS) is 8.17. The van der Waals surface area contributed by atoms with Crippen LogP contribution in [0.3, 0.4) is 0 Å². The van der Waals surface area contributed by atoms with E-state index >= 15 is 0 Å². The van der Waals surface area contributed by atoms with Gasteiger partial charge in [-0.05, 0) is 0 Å². The van der Waals surface area contributed by atoms with E-state index in [-0.39, 0.29) is 0 Å². The van der Waals surface area contributed by atoms with Crippen molar-refractivity contribution >= 4 is 27.7 Å². The second-order valence-electron chi connectivity index (χ2n) is 2.25. The summed E-state index contributed by atoms with van der Waals surface area (Å²) in [6, 6.07) is 10.5. The second kappa shape index (κ2) is 7.12. The molecule has 0 fully saturated rings. The van der Waals surface area contributed by atoms with Crippen LogP contribution in [0.2, 0.25) is 0 Å². The molecule has 0 atom stereocenters. The van der Waals surface area contributed by atoms with E-state index in [1.54, 1.807) is 0 Å². The zero-order valence-electron chi connectivity index (χ0n) is 7.16. The SMILES string of the molecule is CC(=O)O.[Mg+2][CH2]c1ccccc1. The van der Waals surface area contributed by atoms with Gasteiger partial charge in [-0.3, -0.25) is 4.79 Å². The first-order valence-corrected chi connectivity index (χ1v) is 4.69. The van der Waals surface area contributed by atoms with E-state index in [4.69, 9.17) is 9.90 Å². The summed E-state index contributed by atoms with van der Waals surface area (Å²) in [5.41, 5.74) is 1.42. The molecule has 0 bridgehead atoms. The van der Waals surface area contributed by atoms with Crippen molar-refractivity contribution in [3.63, 3.8) is 0 Å². The van der Waals surface area contributed by atoms with E-state index in [1.807, 2.05) is 27.8 Å². The van der Waals surface area contributed by atoms with Gasteiger partial charge in [-0.25, -0.2) is 0 Å². The molecule has 0 amide bonds. The van der Waals surface area contributed by atoms with Crippen LogP contribution in [0.15, 0.2) is 30.3 Å². The van der Waals surface area contributed by atoms with Gasteiger partial charge in [-0.2, -0.15) is 0 Å². The summed E-state index contributed by atoms with van der Waals surface area (Å²) in [5.74, 6) is -0.833. The topological polar surface area (TPSA) is 37.3 Å². The van der Waals surface area contributed by atoms with Crippen LogP contribution in [0.1, 0.15) is 12.5 Å². The van der Waals surface area contributed by atoms with Crippen molar-refractivity contribution in [2.45, 2.75) is 11.5 Å². The number of carboxylic acids is 1. The lowest BCUT2D eigenvalue weighted by Crippen LogP contribution is -1.78. The number of carbonyl (C=O) groups is 1. The molecular formula is C9H11MgO2+2. The highest BCUT2D eigenvalue weighted by Gasteiger charge is 2.22. The maximum Gasteiger partial charge on any atom is 1.42 e. The molecule has 0 saturated carbocycles. The van der Waals surface area contributed by atoms with E-state index in [2.05, 4.69) is 24.3 Å². The first kappa shape index (κ1) is 11.5. The molecule has 0 heterocycles. The Balaban J connectivity index is 0.000000261. The summed E-state index contributed by atoms with van der Waals surface area (Å²) >= 11 is 1.98. The largest absolute Gasteiger partial charge is 1.42 e. The van der Waals surface area contributed by atoms with Crippen molar-refractivity contribution in [1.82, 2.24) is 0 Å². The van der Waals surface area contributed by atoms with Crippen LogP contribution in [0, 0.1) is 0 Å². The Morgan fingerprint density at radius 2 is 1.83 bits per heavy atom. The number of rotatable bonds is 1. The lowest BCUT2D eigenvalue weighted by Gasteiger charge is -1.80. The van der Waals surface area contributed by atoms with E-state index < -0.39 is 5.97 Å². The van der Waals surface area contributed by atoms with Gasteiger partial charge in [0.1, 0.15) is 0 Å². The van der Waals surface area contributed by atoms with Crippen LogP contribution >= 0.6 is 0 Å². The average molecular weight is 175 g/mol. The molecule has 0 spiro atoms. The molecule has 7 radical (unpaired) electrons. The lowest BCUT2D eigenvalue weighted by atomic mass is 10.2. The molecule has 0 unspecified atom stereocenters. The molecule has 0 aliphatic heterocycles. The Morgan fingerprint density at radius 3 is 2.08 bits per heavy atom. The Hall–Kier alpha value is -0.544. The van der Waals surface area contributed by atoms with Crippen LogP contribution < -0.4 is 0 Å². The van der Waals surface area contributed by atoms with Crippen LogP contribution in [-0.4, -0.2) is 32.8 Å². The van der Waals surface area contributed by atoms with E-state index in [9.17, 15) is 0 Å². The molecule has 1 N–H and O–H groups in total. The zero-order chi connectivity index (χ0) is 9.40. The molecule has 1 aromatic carbocycles. The van der Waals surface area contributed by atoms with E-state index in [1.165, 1.54) is 10.1 Å². The van der Waals surface area contributed by atoms with Gasteiger partial charge in [-0.15, -0.1) is 0 Å². The summed E-state index contributed by atoms with van der Waals surface area (Å²) in [7, 11) is 0. The van der Waals surface area contributed by atoms with E-state index in [0.717, 1.165) is 6.92 Å². The van der Waals surface area contributed by atoms with Gasteiger partial charge in [0.15, 0.2) is 0 Å². The third kappa shape index (κ3) is 7.56. The van der Waals surface area contributed by atoms with Gasteiger partial charge in [-0.1, -0.05) is 30.3 Å². The Morgan fingerprint density at radius 1 is 1.42 bits per heavy atom. The first-order valence-electron chi connectivity index (χ1n) is 3.69. The molecule has 0 aromatic heterocycles. The molecule has 3 heteroatoms. The van der Waals surface area contributed by atoms with Crippen LogP contribution in [-0.2, 0) is 9.34 Å². The fourth-order valence-electron chi connectivity index (χ4n) is 0.645. The standard InChI is InChI=1S/C7H7.C2H4O2.Mg/c1-7-5-3-2-4-6-7;1-2(3)4;/h2-6H,1H2;1H3,(H,3,4);/q;;+2. The smallest absolute Gasteiger partial charge is 0.481 e. The highest BCUT2D eigenvalue weighted by molar-refractivity contribution is 6.08. The minimum absolute atomic E-state index is 0.833. The summed E-state index contributed by atoms with van der Waals surface area (Å²) in [6.45, 7) is 1.08. The monoisotopic (exact) mass is 175 g/mol. The maximum atomic E-state index is 9.00. The molecule has 0 aliphatic carbocycles. The Kier molecular flexibility index (Phi) is 6.80. The van der Waals surface area contributed by atoms with Gasteiger partial charge < -0.3 is 5.11 Å². The molecule has 0 aliphatic rings. The molecule has 59 valence electrons. The Bertz CT molecular complexity index is 217. The number of aliphatic carboxylic acids is 1. The van der Waals surface area contributed by atoms with Crippen molar-refractivity contribution in [1.29, 1.82) is 0 Å². The average Bonchev–Trinajstić information content (AvgIpc) is 2.05. The van der Waals surface area contributed by atoms with Gasteiger partial charge in [0.25, 0.3) is 10.5 Å². The predicted octanol–water partition coefficient (Wildman–Crippen LogP) is 1.45. The number of hydrogen-bond acceptors (Lipinski definition) is 1. The highest BCUT2D eigenvalue weighted by Crippen LogP contribution is 1.95. The molecule has 12 heavy (non-hydrogen) atoms. The van der Waals surface area contributed by atoms with Crippen molar-refractivity contribution in [2.24, 2.45) is 0 Å². The van der Waals surface area contributed by atoms with Gasteiger partial charge in [0, 0.05) is 12.5 Å². The fraction of sp³-hybridized carbons (Fsp3) is 0.222. The van der Waals surface area contributed by atoms with Crippen molar-refractivity contribution < 1.29 is 9.90 Å². The minimum Gasteiger partial charge on any atom is -0.481 e. The summed E-state index contributed by atoms with van der Waals surface area (Å²) in [6.07, 6.45) is 0. The number of carboxylic acid groups (broad SMARTS) is 1. The second-order valence-corrected chi connectivity index (χ2v) is 2.75. The summed E-state index contributed by atoms with van der Waals surface area (Å²) < 4.78 is 1.17. The van der Waals surface area contributed by atoms with Crippen molar-refractivity contribution in [3.8, 4) is 0 Å². The first-order chi connectivity index (χ1) is 5.66. The van der Waals surface area contributed by atoms with Crippen molar-refractivity contribution in [3.05, 3.63) is 35.9 Å². The predicted molar refractivity (Wildman–Crippen MR) is 49.2 cm³/mol. The minimum atomic E-state index is -0.833. The van der Waals surface area contributed by atoms with Crippen LogP contribution in [0.5, 0.6) is 0 Å². The molecule has 0 saturated heterocycles. The fourth-order valence-corrected chi connectivity index (χ4v) is 0.978. The number of benzene rings is 1. The Labute approximate surface area is 85.0 Å². The maximum absolute atomic E-state index is 9.00. The van der Waals surface area contributed by atoms with Gasteiger partial charge in [0.05, 0.1) is 0 Å². The lowest BCUT2D eigenvalue weighted by molar-refractivity contribution is -0.134. The van der Waals surface area contributed by atoms with Crippen LogP contribution in [0.25, 0.3) is 0 Å². The van der Waals surface area contributed by atoms with Crippen molar-refractivity contribution in [2.75, 3.05) is 0 Å². The third-order valence-electron chi connectivity index (χ3n) is 1.13. The zero-order valence-corrected chi connectivity index (χ0v) is 8.57. The molecule has 1 rings (SSSR count). The summed E-state index contributed by atoms with van der Waals surface area (Å²) in [4.78, 5) is 9.00. The van der Waals surface area contributed by atoms with Gasteiger partial charge in [0.2, 0.25) is 0 Å². The summed E-state index contributed by atoms with van der Waals surface area (Å²) in [5, 5.41) is 7.42. The molecule has 1 aromatic rings. The van der Waals surface area contributed by atoms with Gasteiger partial charge >= 0.3 is 21.7 Å². The van der Waals surface area contributed by atoms with E-state index in [0.29, 0.717) is 0 Å². The molecular weight excluding hydrogens is 164 g/mol.